The van der Waals surface area contributed by atoms with Gasteiger partial charge in [-0.05, 0) is 26.0 Å². The number of anilines is 2. The number of hydrogen-bond acceptors (Lipinski definition) is 4. The molecule has 0 heterocycles. The summed E-state index contributed by atoms with van der Waals surface area (Å²) in [5, 5.41) is 11.9. The van der Waals surface area contributed by atoms with Crippen molar-refractivity contribution in [2.75, 3.05) is 24.6 Å². The Labute approximate surface area is 112 Å². The van der Waals surface area contributed by atoms with Gasteiger partial charge in [0, 0.05) is 13.6 Å². The van der Waals surface area contributed by atoms with Crippen LogP contribution in [0.25, 0.3) is 0 Å². The quantitative estimate of drug-likeness (QED) is 0.696. The van der Waals surface area contributed by atoms with Crippen molar-refractivity contribution in [3.05, 3.63) is 23.8 Å². The summed E-state index contributed by atoms with van der Waals surface area (Å²) in [5.41, 5.74) is 6.38. The highest BCUT2D eigenvalue weighted by Gasteiger charge is 2.18. The van der Waals surface area contributed by atoms with Crippen LogP contribution in [-0.4, -0.2) is 41.5 Å². The van der Waals surface area contributed by atoms with E-state index in [0.29, 0.717) is 12.2 Å². The summed E-state index contributed by atoms with van der Waals surface area (Å²) < 4.78 is 0. The summed E-state index contributed by atoms with van der Waals surface area (Å²) in [6.45, 7) is 4.20. The first kappa shape index (κ1) is 14.8. The van der Waals surface area contributed by atoms with Gasteiger partial charge in [0.05, 0.1) is 16.9 Å². The lowest BCUT2D eigenvalue weighted by molar-refractivity contribution is -0.130. The fourth-order valence-corrected chi connectivity index (χ4v) is 1.66. The first-order valence-electron chi connectivity index (χ1n) is 6.01. The molecule has 0 fully saturated rings. The molecule has 1 unspecified atom stereocenters. The molecule has 1 atom stereocenters. The number of carboxylic acid groups (broad SMARTS) is 1. The van der Waals surface area contributed by atoms with Crippen LogP contribution >= 0.6 is 0 Å². The Balaban J connectivity index is 2.91. The van der Waals surface area contributed by atoms with Gasteiger partial charge in [-0.1, -0.05) is 6.07 Å². The van der Waals surface area contributed by atoms with E-state index >= 15 is 0 Å². The van der Waals surface area contributed by atoms with Gasteiger partial charge in [0.15, 0.2) is 0 Å². The number of carbonyl (C=O) groups excluding carboxylic acids is 1. The molecule has 0 bridgehead atoms. The molecule has 0 aliphatic heterocycles. The second-order valence-corrected chi connectivity index (χ2v) is 4.29. The minimum absolute atomic E-state index is 0.0218. The normalized spacial score (nSPS) is 11.7. The number of aromatic carboxylic acids is 1. The minimum Gasteiger partial charge on any atom is -0.478 e. The highest BCUT2D eigenvalue weighted by Crippen LogP contribution is 2.23. The number of para-hydroxylation sites is 1. The van der Waals surface area contributed by atoms with Crippen molar-refractivity contribution in [2.24, 2.45) is 0 Å². The van der Waals surface area contributed by atoms with Gasteiger partial charge in [-0.3, -0.25) is 4.79 Å². The summed E-state index contributed by atoms with van der Waals surface area (Å²) in [6.07, 6.45) is 0. The Hall–Kier alpha value is -2.24. The maximum atomic E-state index is 11.9. The predicted molar refractivity (Wildman–Crippen MR) is 74.2 cm³/mol. The van der Waals surface area contributed by atoms with E-state index in [1.165, 1.54) is 6.07 Å². The molecule has 0 aliphatic carbocycles. The first-order chi connectivity index (χ1) is 8.88. The van der Waals surface area contributed by atoms with E-state index in [9.17, 15) is 9.59 Å². The lowest BCUT2D eigenvalue weighted by Crippen LogP contribution is -2.39. The fraction of sp³-hybridized carbons (Fsp3) is 0.385. The third kappa shape index (κ3) is 3.37. The van der Waals surface area contributed by atoms with E-state index in [-0.39, 0.29) is 17.2 Å². The first-order valence-corrected chi connectivity index (χ1v) is 6.01. The van der Waals surface area contributed by atoms with E-state index < -0.39 is 12.0 Å². The second-order valence-electron chi connectivity index (χ2n) is 4.29. The number of amides is 1. The van der Waals surface area contributed by atoms with Gasteiger partial charge >= 0.3 is 5.97 Å². The van der Waals surface area contributed by atoms with Crippen LogP contribution in [0.3, 0.4) is 0 Å². The fourth-order valence-electron chi connectivity index (χ4n) is 1.66. The maximum absolute atomic E-state index is 11.9. The van der Waals surface area contributed by atoms with Crippen molar-refractivity contribution in [2.45, 2.75) is 19.9 Å². The molecule has 0 radical (unpaired) electrons. The molecule has 0 saturated carbocycles. The number of carbonyl (C=O) groups is 2. The number of nitrogens with one attached hydrogen (secondary N) is 1. The van der Waals surface area contributed by atoms with Gasteiger partial charge in [0.2, 0.25) is 5.91 Å². The van der Waals surface area contributed by atoms with E-state index in [2.05, 4.69) is 5.32 Å². The number of hydrogen-bond donors (Lipinski definition) is 3. The smallest absolute Gasteiger partial charge is 0.337 e. The molecule has 1 amide bonds. The lowest BCUT2D eigenvalue weighted by atomic mass is 10.1. The van der Waals surface area contributed by atoms with Crippen LogP contribution in [-0.2, 0) is 4.79 Å². The number of nitrogens with two attached hydrogens (primary N) is 1. The molecule has 1 aromatic carbocycles. The molecular weight excluding hydrogens is 246 g/mol. The van der Waals surface area contributed by atoms with Crippen molar-refractivity contribution in [1.29, 1.82) is 0 Å². The van der Waals surface area contributed by atoms with Gasteiger partial charge in [0.25, 0.3) is 0 Å². The topological polar surface area (TPSA) is 95.7 Å². The van der Waals surface area contributed by atoms with Crippen LogP contribution in [0.2, 0.25) is 0 Å². The molecule has 0 spiro atoms. The van der Waals surface area contributed by atoms with Crippen LogP contribution in [0.1, 0.15) is 24.2 Å². The molecule has 0 saturated heterocycles. The van der Waals surface area contributed by atoms with E-state index in [0.717, 1.165) is 0 Å². The lowest BCUT2D eigenvalue weighted by Gasteiger charge is -2.22. The number of carboxylic acids is 1. The van der Waals surface area contributed by atoms with Crippen LogP contribution in [0.4, 0.5) is 11.4 Å². The van der Waals surface area contributed by atoms with Crippen molar-refractivity contribution >= 4 is 23.3 Å². The van der Waals surface area contributed by atoms with Gasteiger partial charge in [0.1, 0.15) is 6.04 Å². The number of benzene rings is 1. The second kappa shape index (κ2) is 6.08. The third-order valence-electron chi connectivity index (χ3n) is 2.93. The number of nitrogens with zero attached hydrogens (tertiary/aromatic N) is 1. The molecule has 1 rings (SSSR count). The van der Waals surface area contributed by atoms with Gasteiger partial charge < -0.3 is 21.1 Å². The van der Waals surface area contributed by atoms with Crippen LogP contribution in [0, 0.1) is 0 Å². The van der Waals surface area contributed by atoms with E-state index in [1.54, 1.807) is 31.0 Å². The summed E-state index contributed by atoms with van der Waals surface area (Å²) in [6, 6.07) is 4.18. The average molecular weight is 265 g/mol. The largest absolute Gasteiger partial charge is 0.478 e. The maximum Gasteiger partial charge on any atom is 0.337 e. The van der Waals surface area contributed by atoms with Crippen molar-refractivity contribution < 1.29 is 14.7 Å². The molecule has 1 aromatic rings. The Morgan fingerprint density at radius 3 is 2.63 bits per heavy atom. The molecule has 0 aromatic heterocycles. The molecule has 104 valence electrons. The van der Waals surface area contributed by atoms with Gasteiger partial charge in [-0.15, -0.1) is 0 Å². The molecule has 4 N–H and O–H groups in total. The summed E-state index contributed by atoms with van der Waals surface area (Å²) in [7, 11) is 1.71. The Morgan fingerprint density at radius 2 is 2.11 bits per heavy atom. The highest BCUT2D eigenvalue weighted by atomic mass is 16.4. The van der Waals surface area contributed by atoms with Crippen molar-refractivity contribution in [3.8, 4) is 0 Å². The minimum atomic E-state index is -1.09. The SMILES string of the molecule is CCN(C)C(=O)C(C)Nc1cccc(C(=O)O)c1N. The monoisotopic (exact) mass is 265 g/mol. The molecule has 19 heavy (non-hydrogen) atoms. The van der Waals surface area contributed by atoms with Crippen LogP contribution in [0.5, 0.6) is 0 Å². The zero-order valence-electron chi connectivity index (χ0n) is 11.3. The standard InChI is InChI=1S/C13H19N3O3/c1-4-16(3)12(17)8(2)15-10-7-5-6-9(11(10)14)13(18)19/h5-8,15H,4,14H2,1-3H3,(H,18,19). The Bertz CT molecular complexity index is 488. The molecule has 6 heteroatoms. The van der Waals surface area contributed by atoms with E-state index in [1.807, 2.05) is 6.92 Å². The number of rotatable bonds is 5. The number of nitrogen functional groups attached to an aromatic ring is 1. The summed E-state index contributed by atoms with van der Waals surface area (Å²) in [4.78, 5) is 24.5. The van der Waals surface area contributed by atoms with E-state index in [4.69, 9.17) is 10.8 Å². The molecule has 6 nitrogen and oxygen atoms in total. The Kier molecular flexibility index (Phi) is 4.74. The van der Waals surface area contributed by atoms with Crippen molar-refractivity contribution in [3.63, 3.8) is 0 Å². The third-order valence-corrected chi connectivity index (χ3v) is 2.93. The van der Waals surface area contributed by atoms with Gasteiger partial charge in [-0.2, -0.15) is 0 Å². The molecular formula is C13H19N3O3. The number of likely N-dealkylation sites (N-methyl/N-ethyl adjacent to an activating group) is 1. The predicted octanol–water partition coefficient (Wildman–Crippen LogP) is 1.25. The molecule has 0 aliphatic rings. The zero-order valence-corrected chi connectivity index (χ0v) is 11.3. The average Bonchev–Trinajstić information content (AvgIpc) is 2.38. The summed E-state index contributed by atoms with van der Waals surface area (Å²) in [5.74, 6) is -1.17. The van der Waals surface area contributed by atoms with Gasteiger partial charge in [-0.25, -0.2) is 4.79 Å². The highest BCUT2D eigenvalue weighted by molar-refractivity contribution is 5.97. The zero-order chi connectivity index (χ0) is 14.6. The summed E-state index contributed by atoms with van der Waals surface area (Å²) >= 11 is 0. The Morgan fingerprint density at radius 1 is 1.47 bits per heavy atom. The van der Waals surface area contributed by atoms with Crippen molar-refractivity contribution in [1.82, 2.24) is 4.90 Å². The van der Waals surface area contributed by atoms with Crippen LogP contribution in [0.15, 0.2) is 18.2 Å². The van der Waals surface area contributed by atoms with Crippen LogP contribution < -0.4 is 11.1 Å².